The predicted molar refractivity (Wildman–Crippen MR) is 61.1 cm³/mol. The minimum Gasteiger partial charge on any atom is -0.381 e. The molecule has 1 N–H and O–H groups in total. The summed E-state index contributed by atoms with van der Waals surface area (Å²) < 4.78 is 33.8. The summed E-state index contributed by atoms with van der Waals surface area (Å²) in [4.78, 5) is 0. The van der Waals surface area contributed by atoms with Gasteiger partial charge in [0.25, 0.3) is 5.92 Å². The SMILES string of the molecule is FC1(F)C(C2CCOCC2)C12CCCNCC2. The van der Waals surface area contributed by atoms with Gasteiger partial charge in [0.2, 0.25) is 0 Å². The van der Waals surface area contributed by atoms with Crippen LogP contribution in [-0.4, -0.2) is 32.2 Å². The second kappa shape index (κ2) is 4.16. The maximum Gasteiger partial charge on any atom is 0.257 e. The monoisotopic (exact) mass is 245 g/mol. The van der Waals surface area contributed by atoms with Crippen molar-refractivity contribution in [3.05, 3.63) is 0 Å². The van der Waals surface area contributed by atoms with Crippen LogP contribution in [0.5, 0.6) is 0 Å². The predicted octanol–water partition coefficient (Wildman–Crippen LogP) is 2.44. The highest BCUT2D eigenvalue weighted by molar-refractivity contribution is 5.20. The number of hydrogen-bond donors (Lipinski definition) is 1. The second-order valence-electron chi connectivity index (χ2n) is 5.81. The van der Waals surface area contributed by atoms with Crippen LogP contribution in [0.15, 0.2) is 0 Å². The summed E-state index contributed by atoms with van der Waals surface area (Å²) in [5, 5.41) is 3.25. The zero-order valence-corrected chi connectivity index (χ0v) is 10.2. The van der Waals surface area contributed by atoms with E-state index in [0.717, 1.165) is 32.4 Å². The quantitative estimate of drug-likeness (QED) is 0.766. The van der Waals surface area contributed by atoms with Gasteiger partial charge in [0.15, 0.2) is 0 Å². The minimum atomic E-state index is -2.42. The molecule has 0 bridgehead atoms. The largest absolute Gasteiger partial charge is 0.381 e. The van der Waals surface area contributed by atoms with Crippen molar-refractivity contribution in [2.45, 2.75) is 38.0 Å². The fourth-order valence-electron chi connectivity index (χ4n) is 4.07. The summed E-state index contributed by atoms with van der Waals surface area (Å²) in [5.74, 6) is -2.59. The number of ether oxygens (including phenoxy) is 1. The fraction of sp³-hybridized carbons (Fsp3) is 1.00. The summed E-state index contributed by atoms with van der Waals surface area (Å²) in [6.07, 6.45) is 3.91. The van der Waals surface area contributed by atoms with Crippen molar-refractivity contribution in [3.63, 3.8) is 0 Å². The van der Waals surface area contributed by atoms with Crippen LogP contribution in [-0.2, 0) is 4.74 Å². The van der Waals surface area contributed by atoms with E-state index in [1.165, 1.54) is 0 Å². The first-order valence-corrected chi connectivity index (χ1v) is 6.85. The molecule has 2 aliphatic heterocycles. The van der Waals surface area contributed by atoms with Crippen molar-refractivity contribution < 1.29 is 13.5 Å². The van der Waals surface area contributed by atoms with Gasteiger partial charge in [-0.15, -0.1) is 0 Å². The van der Waals surface area contributed by atoms with Gasteiger partial charge < -0.3 is 10.1 Å². The Balaban J connectivity index is 1.75. The molecule has 0 aromatic heterocycles. The Kier molecular flexibility index (Phi) is 2.90. The van der Waals surface area contributed by atoms with Gasteiger partial charge in [-0.25, -0.2) is 8.78 Å². The van der Waals surface area contributed by atoms with E-state index in [-0.39, 0.29) is 11.8 Å². The first-order chi connectivity index (χ1) is 8.18. The van der Waals surface area contributed by atoms with E-state index in [0.29, 0.717) is 26.1 Å². The zero-order valence-electron chi connectivity index (χ0n) is 10.2. The van der Waals surface area contributed by atoms with E-state index in [4.69, 9.17) is 4.74 Å². The van der Waals surface area contributed by atoms with Crippen molar-refractivity contribution in [3.8, 4) is 0 Å². The molecule has 3 aliphatic rings. The van der Waals surface area contributed by atoms with E-state index in [2.05, 4.69) is 5.32 Å². The van der Waals surface area contributed by atoms with Gasteiger partial charge in [-0.3, -0.25) is 0 Å². The van der Waals surface area contributed by atoms with Crippen LogP contribution in [0, 0.1) is 17.3 Å². The lowest BCUT2D eigenvalue weighted by Gasteiger charge is -2.23. The molecule has 3 fully saturated rings. The van der Waals surface area contributed by atoms with Crippen LogP contribution in [0.25, 0.3) is 0 Å². The van der Waals surface area contributed by atoms with Gasteiger partial charge in [-0.2, -0.15) is 0 Å². The molecule has 1 saturated carbocycles. The lowest BCUT2D eigenvalue weighted by Crippen LogP contribution is -2.21. The molecule has 2 atom stereocenters. The Hall–Kier alpha value is -0.220. The smallest absolute Gasteiger partial charge is 0.257 e. The lowest BCUT2D eigenvalue weighted by atomic mass is 9.85. The van der Waals surface area contributed by atoms with Crippen LogP contribution in [0.2, 0.25) is 0 Å². The number of alkyl halides is 2. The highest BCUT2D eigenvalue weighted by Crippen LogP contribution is 2.73. The Bertz CT molecular complexity index is 281. The summed E-state index contributed by atoms with van der Waals surface area (Å²) >= 11 is 0. The summed E-state index contributed by atoms with van der Waals surface area (Å²) in [6.45, 7) is 3.00. The van der Waals surface area contributed by atoms with Crippen molar-refractivity contribution in [2.75, 3.05) is 26.3 Å². The average molecular weight is 245 g/mol. The molecule has 2 heterocycles. The van der Waals surface area contributed by atoms with Crippen LogP contribution in [0.3, 0.4) is 0 Å². The van der Waals surface area contributed by atoms with E-state index in [1.807, 2.05) is 0 Å². The van der Waals surface area contributed by atoms with E-state index < -0.39 is 11.3 Å². The van der Waals surface area contributed by atoms with Gasteiger partial charge in [0.05, 0.1) is 0 Å². The molecule has 0 aromatic rings. The second-order valence-corrected chi connectivity index (χ2v) is 5.81. The molecule has 2 saturated heterocycles. The molecule has 0 radical (unpaired) electrons. The Labute approximate surface area is 101 Å². The van der Waals surface area contributed by atoms with Crippen molar-refractivity contribution in [1.29, 1.82) is 0 Å². The Morgan fingerprint density at radius 2 is 1.82 bits per heavy atom. The molecule has 3 rings (SSSR count). The molecule has 98 valence electrons. The number of nitrogens with one attached hydrogen (secondary N) is 1. The number of hydrogen-bond acceptors (Lipinski definition) is 2. The molecule has 2 unspecified atom stereocenters. The molecule has 0 aromatic carbocycles. The van der Waals surface area contributed by atoms with Crippen molar-refractivity contribution >= 4 is 0 Å². The third kappa shape index (κ3) is 1.72. The van der Waals surface area contributed by atoms with Crippen LogP contribution < -0.4 is 5.32 Å². The van der Waals surface area contributed by atoms with Gasteiger partial charge in [0.1, 0.15) is 0 Å². The Morgan fingerprint density at radius 1 is 1.06 bits per heavy atom. The molecule has 4 heteroatoms. The van der Waals surface area contributed by atoms with Crippen LogP contribution in [0.4, 0.5) is 8.78 Å². The third-order valence-electron chi connectivity index (χ3n) is 5.03. The first-order valence-electron chi connectivity index (χ1n) is 6.85. The topological polar surface area (TPSA) is 21.3 Å². The summed E-state index contributed by atoms with van der Waals surface area (Å²) in [6, 6.07) is 0. The van der Waals surface area contributed by atoms with Gasteiger partial charge in [-0.1, -0.05) is 0 Å². The van der Waals surface area contributed by atoms with E-state index in [1.54, 1.807) is 0 Å². The standard InChI is InChI=1S/C13H21F2NO/c14-13(15)11(10-2-8-17-9-3-10)12(13)4-1-6-16-7-5-12/h10-11,16H,1-9H2. The average Bonchev–Trinajstić information content (AvgIpc) is 2.92. The van der Waals surface area contributed by atoms with E-state index >= 15 is 0 Å². The Morgan fingerprint density at radius 3 is 2.59 bits per heavy atom. The number of rotatable bonds is 1. The molecule has 1 spiro atoms. The van der Waals surface area contributed by atoms with Crippen molar-refractivity contribution in [2.24, 2.45) is 17.3 Å². The normalized spacial score (nSPS) is 42.4. The highest BCUT2D eigenvalue weighted by atomic mass is 19.3. The van der Waals surface area contributed by atoms with Crippen LogP contribution >= 0.6 is 0 Å². The minimum absolute atomic E-state index is 0.192. The third-order valence-corrected chi connectivity index (χ3v) is 5.03. The molecule has 2 nitrogen and oxygen atoms in total. The van der Waals surface area contributed by atoms with E-state index in [9.17, 15) is 8.78 Å². The summed E-state index contributed by atoms with van der Waals surface area (Å²) in [5.41, 5.74) is -0.668. The first kappa shape index (κ1) is 11.8. The van der Waals surface area contributed by atoms with Crippen molar-refractivity contribution in [1.82, 2.24) is 5.32 Å². The summed E-state index contributed by atoms with van der Waals surface area (Å²) in [7, 11) is 0. The fourth-order valence-corrected chi connectivity index (χ4v) is 4.07. The molecular weight excluding hydrogens is 224 g/mol. The maximum absolute atomic E-state index is 14.2. The molecular formula is C13H21F2NO. The molecule has 17 heavy (non-hydrogen) atoms. The zero-order chi connectivity index (χ0) is 11.9. The highest BCUT2D eigenvalue weighted by Gasteiger charge is 2.80. The number of halogens is 2. The van der Waals surface area contributed by atoms with Gasteiger partial charge >= 0.3 is 0 Å². The van der Waals surface area contributed by atoms with Gasteiger partial charge in [0, 0.05) is 24.5 Å². The molecule has 1 aliphatic carbocycles. The van der Waals surface area contributed by atoms with Crippen LogP contribution in [0.1, 0.15) is 32.1 Å². The lowest BCUT2D eigenvalue weighted by molar-refractivity contribution is 0.0252. The maximum atomic E-state index is 14.2. The molecule has 0 amide bonds. The van der Waals surface area contributed by atoms with Gasteiger partial charge in [-0.05, 0) is 51.1 Å².